The fraction of sp³-hybridized carbons (Fsp3) is 0.208. The summed E-state index contributed by atoms with van der Waals surface area (Å²) in [6.07, 6.45) is 3.39. The molecular formula is C24H20N4O4S3. The van der Waals surface area contributed by atoms with Gasteiger partial charge in [-0.3, -0.25) is 9.36 Å². The average Bonchev–Trinajstić information content (AvgIpc) is 3.56. The van der Waals surface area contributed by atoms with Crippen molar-refractivity contribution in [3.8, 4) is 0 Å². The van der Waals surface area contributed by atoms with E-state index in [4.69, 9.17) is 9.15 Å². The molecule has 0 aromatic carbocycles. The van der Waals surface area contributed by atoms with Crippen molar-refractivity contribution in [2.45, 2.75) is 37.1 Å². The zero-order valence-electron chi connectivity index (χ0n) is 19.0. The van der Waals surface area contributed by atoms with E-state index in [1.165, 1.54) is 34.4 Å². The number of aryl methyl sites for hydroxylation is 1. The van der Waals surface area contributed by atoms with Crippen LogP contribution in [0.4, 0.5) is 0 Å². The van der Waals surface area contributed by atoms with E-state index >= 15 is 0 Å². The largest absolute Gasteiger partial charge is 0.463 e. The number of furan rings is 1. The van der Waals surface area contributed by atoms with Gasteiger partial charge < -0.3 is 9.15 Å². The molecular weight excluding hydrogens is 504 g/mol. The number of esters is 1. The summed E-state index contributed by atoms with van der Waals surface area (Å²) in [5.41, 5.74) is 1.55. The molecule has 1 aliphatic heterocycles. The third-order valence-electron chi connectivity index (χ3n) is 5.17. The summed E-state index contributed by atoms with van der Waals surface area (Å²) in [5.74, 6) is 0.0620. The Balaban J connectivity index is 1.55. The smallest absolute Gasteiger partial charge is 0.338 e. The zero-order valence-corrected chi connectivity index (χ0v) is 21.5. The van der Waals surface area contributed by atoms with E-state index < -0.39 is 12.0 Å². The summed E-state index contributed by atoms with van der Waals surface area (Å²) < 4.78 is 13.2. The molecule has 0 fully saturated rings. The lowest BCUT2D eigenvalue weighted by Crippen LogP contribution is -2.39. The van der Waals surface area contributed by atoms with Gasteiger partial charge in [-0.1, -0.05) is 17.4 Å². The predicted molar refractivity (Wildman–Crippen MR) is 134 cm³/mol. The Morgan fingerprint density at radius 1 is 1.29 bits per heavy atom. The molecule has 8 nitrogen and oxygen atoms in total. The third-order valence-corrected chi connectivity index (χ3v) is 7.88. The number of allylic oxidation sites excluding steroid dienone is 1. The molecule has 0 N–H and O–H groups in total. The van der Waals surface area contributed by atoms with E-state index in [0.717, 1.165) is 10.6 Å². The van der Waals surface area contributed by atoms with E-state index in [9.17, 15) is 9.59 Å². The minimum absolute atomic E-state index is 0.240. The fourth-order valence-electron chi connectivity index (χ4n) is 3.67. The van der Waals surface area contributed by atoms with Crippen LogP contribution in [0.1, 0.15) is 36.2 Å². The summed E-state index contributed by atoms with van der Waals surface area (Å²) in [7, 11) is 0. The maximum absolute atomic E-state index is 13.5. The van der Waals surface area contributed by atoms with Crippen molar-refractivity contribution in [2.24, 2.45) is 4.99 Å². The number of ether oxygens (including phenoxy) is 1. The van der Waals surface area contributed by atoms with Gasteiger partial charge in [0.05, 0.1) is 22.4 Å². The number of carbonyl (C=O) groups excluding carboxylic acids is 1. The first kappa shape index (κ1) is 23.5. The van der Waals surface area contributed by atoms with Crippen molar-refractivity contribution in [1.29, 1.82) is 0 Å². The van der Waals surface area contributed by atoms with Gasteiger partial charge in [-0.2, -0.15) is 0 Å². The Kier molecular flexibility index (Phi) is 6.54. The van der Waals surface area contributed by atoms with Crippen molar-refractivity contribution in [3.63, 3.8) is 0 Å². The maximum atomic E-state index is 13.5. The standard InChI is InChI=1S/C24H20N4O4S3/c1-4-31-22(30)19-14(3)27-24-28(20(19)16-6-5-11-33-16)21(29)17(34-24)12-15-7-8-18(32-15)35-23-25-10-9-13(2)26-23/h5-12,20H,4H2,1-3H3/b17-12+/t20-/m1/s1. The number of rotatable bonds is 6. The Bertz CT molecular complexity index is 1610. The second kappa shape index (κ2) is 9.76. The Morgan fingerprint density at radius 3 is 2.89 bits per heavy atom. The zero-order chi connectivity index (χ0) is 24.5. The molecule has 4 aromatic rings. The van der Waals surface area contributed by atoms with E-state index in [1.807, 2.05) is 36.6 Å². The molecule has 0 aliphatic carbocycles. The van der Waals surface area contributed by atoms with Crippen LogP contribution in [0.25, 0.3) is 6.08 Å². The molecule has 1 atom stereocenters. The number of carbonyl (C=O) groups is 1. The number of fused-ring (bicyclic) bond motifs is 1. The molecule has 0 saturated carbocycles. The molecule has 178 valence electrons. The lowest BCUT2D eigenvalue weighted by molar-refractivity contribution is -0.139. The minimum atomic E-state index is -0.589. The van der Waals surface area contributed by atoms with E-state index in [1.54, 1.807) is 36.8 Å². The molecule has 5 rings (SSSR count). The molecule has 0 saturated heterocycles. The van der Waals surface area contributed by atoms with Crippen molar-refractivity contribution in [1.82, 2.24) is 14.5 Å². The molecule has 0 unspecified atom stereocenters. The number of hydrogen-bond acceptors (Lipinski definition) is 10. The van der Waals surface area contributed by atoms with Gasteiger partial charge in [0.15, 0.2) is 15.1 Å². The quantitative estimate of drug-likeness (QED) is 0.280. The van der Waals surface area contributed by atoms with Gasteiger partial charge in [0.2, 0.25) is 0 Å². The normalized spacial score (nSPS) is 15.7. The SMILES string of the molecule is CCOC(=O)C1=C(C)N=c2s/c(=C/c3ccc(Sc4nccc(C)n4)o3)c(=O)n2[C@@H]1c1cccs1. The highest BCUT2D eigenvalue weighted by Gasteiger charge is 2.33. The first-order valence-electron chi connectivity index (χ1n) is 10.7. The summed E-state index contributed by atoms with van der Waals surface area (Å²) in [6.45, 7) is 5.67. The van der Waals surface area contributed by atoms with Crippen LogP contribution in [0.15, 0.2) is 77.6 Å². The van der Waals surface area contributed by atoms with Crippen molar-refractivity contribution in [3.05, 3.63) is 89.2 Å². The molecule has 35 heavy (non-hydrogen) atoms. The van der Waals surface area contributed by atoms with Crippen molar-refractivity contribution in [2.75, 3.05) is 6.61 Å². The summed E-state index contributed by atoms with van der Waals surface area (Å²) in [6, 6.07) is 8.66. The Morgan fingerprint density at radius 2 is 2.14 bits per heavy atom. The second-order valence-corrected chi connectivity index (χ2v) is 10.5. The second-order valence-electron chi connectivity index (χ2n) is 7.56. The first-order valence-corrected chi connectivity index (χ1v) is 13.3. The maximum Gasteiger partial charge on any atom is 0.338 e. The first-order chi connectivity index (χ1) is 16.9. The van der Waals surface area contributed by atoms with Crippen LogP contribution in [0.3, 0.4) is 0 Å². The van der Waals surface area contributed by atoms with Gasteiger partial charge in [0.1, 0.15) is 11.8 Å². The highest BCUT2D eigenvalue weighted by Crippen LogP contribution is 2.33. The van der Waals surface area contributed by atoms with E-state index in [2.05, 4.69) is 15.0 Å². The fourth-order valence-corrected chi connectivity index (χ4v) is 6.28. The number of thiazole rings is 1. The van der Waals surface area contributed by atoms with Gasteiger partial charge in [0.25, 0.3) is 5.56 Å². The molecule has 11 heteroatoms. The minimum Gasteiger partial charge on any atom is -0.463 e. The van der Waals surface area contributed by atoms with Gasteiger partial charge >= 0.3 is 5.97 Å². The Labute approximate surface area is 212 Å². The van der Waals surface area contributed by atoms with Crippen LogP contribution in [-0.4, -0.2) is 27.1 Å². The number of hydrogen-bond donors (Lipinski definition) is 0. The van der Waals surface area contributed by atoms with E-state index in [0.29, 0.717) is 36.6 Å². The van der Waals surface area contributed by atoms with Gasteiger partial charge in [-0.25, -0.2) is 19.8 Å². The predicted octanol–water partition coefficient (Wildman–Crippen LogP) is 3.70. The molecule has 1 aliphatic rings. The monoisotopic (exact) mass is 524 g/mol. The number of thiophene rings is 1. The van der Waals surface area contributed by atoms with E-state index in [-0.39, 0.29) is 12.2 Å². The summed E-state index contributed by atoms with van der Waals surface area (Å²) in [5, 5.41) is 3.12. The highest BCUT2D eigenvalue weighted by molar-refractivity contribution is 7.99. The molecule has 4 aromatic heterocycles. The molecule has 5 heterocycles. The van der Waals surface area contributed by atoms with Crippen LogP contribution in [0, 0.1) is 6.92 Å². The molecule has 0 radical (unpaired) electrons. The van der Waals surface area contributed by atoms with Crippen LogP contribution in [0.5, 0.6) is 0 Å². The van der Waals surface area contributed by atoms with Crippen LogP contribution >= 0.6 is 34.4 Å². The Hall–Kier alpha value is -3.28. The molecule has 0 spiro atoms. The molecule has 0 bridgehead atoms. The van der Waals surface area contributed by atoms with Crippen LogP contribution < -0.4 is 14.9 Å². The van der Waals surface area contributed by atoms with Crippen LogP contribution in [0.2, 0.25) is 0 Å². The van der Waals surface area contributed by atoms with Gasteiger partial charge in [-0.05, 0) is 62.2 Å². The number of aromatic nitrogens is 3. The summed E-state index contributed by atoms with van der Waals surface area (Å²) in [4.78, 5) is 40.9. The van der Waals surface area contributed by atoms with Gasteiger partial charge in [-0.15, -0.1) is 11.3 Å². The summed E-state index contributed by atoms with van der Waals surface area (Å²) >= 11 is 4.05. The van der Waals surface area contributed by atoms with Crippen molar-refractivity contribution >= 4 is 46.5 Å². The van der Waals surface area contributed by atoms with Crippen molar-refractivity contribution < 1.29 is 13.9 Å². The lowest BCUT2D eigenvalue weighted by atomic mass is 10.0. The van der Waals surface area contributed by atoms with Gasteiger partial charge in [0, 0.05) is 22.8 Å². The lowest BCUT2D eigenvalue weighted by Gasteiger charge is -2.23. The topological polar surface area (TPSA) is 99.6 Å². The third kappa shape index (κ3) is 4.66. The van der Waals surface area contributed by atoms with Crippen LogP contribution in [-0.2, 0) is 9.53 Å². The average molecular weight is 525 g/mol. The number of nitrogens with zero attached hydrogens (tertiary/aromatic N) is 4. The highest BCUT2D eigenvalue weighted by atomic mass is 32.2. The molecule has 0 amide bonds.